The summed E-state index contributed by atoms with van der Waals surface area (Å²) >= 11 is 0. The minimum Gasteiger partial charge on any atom is -0.314 e. The van der Waals surface area contributed by atoms with Gasteiger partial charge in [-0.05, 0) is 51.0 Å². The molecule has 2 heteroatoms. The summed E-state index contributed by atoms with van der Waals surface area (Å²) in [5.74, 6) is 0.703. The first-order valence-electron chi connectivity index (χ1n) is 7.22. The second-order valence-electron chi connectivity index (χ2n) is 6.44. The fraction of sp³-hybridized carbons (Fsp3) is 1.00. The monoisotopic (exact) mass is 243 g/mol. The summed E-state index contributed by atoms with van der Waals surface area (Å²) in [6, 6.07) is 0. The van der Waals surface area contributed by atoms with Gasteiger partial charge in [0, 0.05) is 5.54 Å². The zero-order valence-electron chi connectivity index (χ0n) is 12.3. The van der Waals surface area contributed by atoms with Crippen LogP contribution in [-0.2, 0) is 0 Å². The number of nitrogens with one attached hydrogen (secondary N) is 1. The maximum Gasteiger partial charge on any atom is 0.0973 e. The van der Waals surface area contributed by atoms with Crippen LogP contribution in [0.5, 0.6) is 0 Å². The van der Waals surface area contributed by atoms with Crippen molar-refractivity contribution in [3.8, 4) is 0 Å². The molecule has 1 aliphatic rings. The third-order valence-corrected chi connectivity index (χ3v) is 4.98. The number of hydrogen-bond acceptors (Lipinski definition) is 1. The zero-order valence-corrected chi connectivity index (χ0v) is 12.3. The molecule has 0 heterocycles. The Morgan fingerprint density at radius 3 is 2.35 bits per heavy atom. The molecular formula is C15H30FN. The molecule has 0 amide bonds. The second kappa shape index (κ2) is 5.69. The van der Waals surface area contributed by atoms with Crippen molar-refractivity contribution >= 4 is 0 Å². The van der Waals surface area contributed by atoms with Crippen LogP contribution >= 0.6 is 0 Å². The largest absolute Gasteiger partial charge is 0.314 e. The summed E-state index contributed by atoms with van der Waals surface area (Å²) in [5, 5.41) is 3.55. The first-order chi connectivity index (χ1) is 7.89. The normalized spacial score (nSPS) is 35.6. The molecule has 1 rings (SSSR count). The Labute approximate surface area is 107 Å². The molecule has 0 aliphatic heterocycles. The predicted octanol–water partition coefficient (Wildman–Crippen LogP) is 4.32. The minimum absolute atomic E-state index is 0.364. The molecule has 0 aromatic rings. The SMILES string of the molecule is CCC1(C)CC1(CC(C)CCCC(C)F)NC. The molecule has 1 fully saturated rings. The molecule has 17 heavy (non-hydrogen) atoms. The van der Waals surface area contributed by atoms with Crippen LogP contribution in [0, 0.1) is 11.3 Å². The third-order valence-electron chi connectivity index (χ3n) is 4.98. The lowest BCUT2D eigenvalue weighted by molar-refractivity contribution is 0.289. The molecule has 1 N–H and O–H groups in total. The van der Waals surface area contributed by atoms with E-state index in [2.05, 4.69) is 33.1 Å². The molecule has 4 unspecified atom stereocenters. The summed E-state index contributed by atoms with van der Waals surface area (Å²) in [4.78, 5) is 0. The van der Waals surface area contributed by atoms with Crippen LogP contribution < -0.4 is 5.32 Å². The van der Waals surface area contributed by atoms with E-state index in [0.717, 1.165) is 19.3 Å². The number of alkyl halides is 1. The molecule has 1 aliphatic carbocycles. The lowest BCUT2D eigenvalue weighted by atomic mass is 9.88. The lowest BCUT2D eigenvalue weighted by Crippen LogP contribution is -2.35. The van der Waals surface area contributed by atoms with Crippen molar-refractivity contribution in [2.75, 3.05) is 7.05 Å². The van der Waals surface area contributed by atoms with Crippen molar-refractivity contribution in [2.24, 2.45) is 11.3 Å². The summed E-state index contributed by atoms with van der Waals surface area (Å²) in [6.07, 6.45) is 6.08. The van der Waals surface area contributed by atoms with Crippen LogP contribution in [-0.4, -0.2) is 18.8 Å². The molecule has 1 nitrogen and oxygen atoms in total. The van der Waals surface area contributed by atoms with E-state index in [-0.39, 0.29) is 0 Å². The van der Waals surface area contributed by atoms with Gasteiger partial charge in [-0.2, -0.15) is 0 Å². The van der Waals surface area contributed by atoms with Gasteiger partial charge in [-0.1, -0.05) is 33.6 Å². The van der Waals surface area contributed by atoms with Crippen LogP contribution in [0.25, 0.3) is 0 Å². The summed E-state index contributed by atoms with van der Waals surface area (Å²) < 4.78 is 12.7. The van der Waals surface area contributed by atoms with Gasteiger partial charge in [-0.3, -0.25) is 0 Å². The van der Waals surface area contributed by atoms with Gasteiger partial charge < -0.3 is 5.32 Å². The smallest absolute Gasteiger partial charge is 0.0973 e. The van der Waals surface area contributed by atoms with Gasteiger partial charge in [-0.25, -0.2) is 4.39 Å². The maximum absolute atomic E-state index is 12.7. The molecule has 0 spiro atoms. The van der Waals surface area contributed by atoms with Crippen molar-refractivity contribution < 1.29 is 4.39 Å². The van der Waals surface area contributed by atoms with Gasteiger partial charge in [0.1, 0.15) is 0 Å². The first kappa shape index (κ1) is 14.9. The Morgan fingerprint density at radius 1 is 1.29 bits per heavy atom. The van der Waals surface area contributed by atoms with E-state index < -0.39 is 6.17 Å². The summed E-state index contributed by atoms with van der Waals surface area (Å²) in [5.41, 5.74) is 0.853. The van der Waals surface area contributed by atoms with Crippen molar-refractivity contribution in [3.63, 3.8) is 0 Å². The zero-order chi connectivity index (χ0) is 13.1. The highest BCUT2D eigenvalue weighted by molar-refractivity contribution is 5.18. The molecule has 0 saturated heterocycles. The molecule has 1 saturated carbocycles. The van der Waals surface area contributed by atoms with Crippen LogP contribution in [0.4, 0.5) is 4.39 Å². The standard InChI is InChI=1S/C15H30FN/c1-6-14(4)11-15(14,17-5)10-12(2)8-7-9-13(3)16/h12-13,17H,6-11H2,1-5H3. The fourth-order valence-electron chi connectivity index (χ4n) is 3.34. The van der Waals surface area contributed by atoms with E-state index in [9.17, 15) is 4.39 Å². The average Bonchev–Trinajstić information content (AvgIpc) is 2.84. The van der Waals surface area contributed by atoms with Gasteiger partial charge in [0.05, 0.1) is 6.17 Å². The average molecular weight is 243 g/mol. The Bertz CT molecular complexity index is 241. The van der Waals surface area contributed by atoms with Gasteiger partial charge >= 0.3 is 0 Å². The van der Waals surface area contributed by atoms with E-state index in [0.29, 0.717) is 16.9 Å². The fourth-order valence-corrected chi connectivity index (χ4v) is 3.34. The van der Waals surface area contributed by atoms with E-state index >= 15 is 0 Å². The van der Waals surface area contributed by atoms with E-state index in [1.807, 2.05) is 0 Å². The minimum atomic E-state index is -0.637. The van der Waals surface area contributed by atoms with Crippen LogP contribution in [0.1, 0.15) is 66.2 Å². The Kier molecular flexibility index (Phi) is 5.00. The van der Waals surface area contributed by atoms with Crippen LogP contribution in [0.2, 0.25) is 0 Å². The highest BCUT2D eigenvalue weighted by Gasteiger charge is 2.61. The summed E-state index contributed by atoms with van der Waals surface area (Å²) in [7, 11) is 2.09. The van der Waals surface area contributed by atoms with E-state index in [1.165, 1.54) is 19.3 Å². The number of rotatable bonds is 8. The Morgan fingerprint density at radius 2 is 1.94 bits per heavy atom. The topological polar surface area (TPSA) is 12.0 Å². The van der Waals surface area contributed by atoms with Crippen molar-refractivity contribution in [3.05, 3.63) is 0 Å². The van der Waals surface area contributed by atoms with Gasteiger partial charge in [0.15, 0.2) is 0 Å². The van der Waals surface area contributed by atoms with Crippen molar-refractivity contribution in [1.82, 2.24) is 5.32 Å². The van der Waals surface area contributed by atoms with Crippen LogP contribution in [0.3, 0.4) is 0 Å². The number of halogens is 1. The Balaban J connectivity index is 2.33. The summed E-state index contributed by atoms with van der Waals surface area (Å²) in [6.45, 7) is 8.65. The van der Waals surface area contributed by atoms with E-state index in [4.69, 9.17) is 0 Å². The number of hydrogen-bond donors (Lipinski definition) is 1. The van der Waals surface area contributed by atoms with Gasteiger partial charge in [0.2, 0.25) is 0 Å². The molecule has 0 bridgehead atoms. The van der Waals surface area contributed by atoms with Crippen molar-refractivity contribution in [2.45, 2.75) is 77.9 Å². The van der Waals surface area contributed by atoms with E-state index in [1.54, 1.807) is 6.92 Å². The Hall–Kier alpha value is -0.110. The van der Waals surface area contributed by atoms with Crippen LogP contribution in [0.15, 0.2) is 0 Å². The highest BCUT2D eigenvalue weighted by atomic mass is 19.1. The highest BCUT2D eigenvalue weighted by Crippen LogP contribution is 2.61. The molecule has 4 atom stereocenters. The predicted molar refractivity (Wildman–Crippen MR) is 73.0 cm³/mol. The maximum atomic E-state index is 12.7. The quantitative estimate of drug-likeness (QED) is 0.669. The first-order valence-corrected chi connectivity index (χ1v) is 7.22. The molecule has 0 radical (unpaired) electrons. The van der Waals surface area contributed by atoms with Gasteiger partial charge in [0.25, 0.3) is 0 Å². The van der Waals surface area contributed by atoms with Gasteiger partial charge in [-0.15, -0.1) is 0 Å². The second-order valence-corrected chi connectivity index (χ2v) is 6.44. The molecular weight excluding hydrogens is 213 g/mol. The molecule has 102 valence electrons. The van der Waals surface area contributed by atoms with Crippen molar-refractivity contribution in [1.29, 1.82) is 0 Å². The third kappa shape index (κ3) is 3.43. The lowest BCUT2D eigenvalue weighted by Gasteiger charge is -2.25. The molecule has 0 aromatic heterocycles. The molecule has 0 aromatic carbocycles.